The molecule has 4 nitrogen and oxygen atoms in total. The zero-order chi connectivity index (χ0) is 26.4. The lowest BCUT2D eigenvalue weighted by molar-refractivity contribution is -0.125. The summed E-state index contributed by atoms with van der Waals surface area (Å²) in [6, 6.07) is 10.4. The number of nitrogens with zero attached hydrogens (tertiary/aromatic N) is 1. The molecule has 0 aromatic heterocycles. The van der Waals surface area contributed by atoms with Gasteiger partial charge in [0.25, 0.3) is 0 Å². The number of allylic oxidation sites excluding steroid dienone is 1. The number of hydrogen-bond acceptors (Lipinski definition) is 3. The summed E-state index contributed by atoms with van der Waals surface area (Å²) in [5.74, 6) is -0.788. The van der Waals surface area contributed by atoms with Crippen molar-refractivity contribution in [2.24, 2.45) is 0 Å². The molecular weight excluding hydrogens is 424 g/mol. The van der Waals surface area contributed by atoms with Crippen LogP contribution in [0.4, 0.5) is 8.78 Å². The normalized spacial score (nSPS) is 8.85. The van der Waals surface area contributed by atoms with Gasteiger partial charge >= 0.3 is 0 Å². The molecule has 0 N–H and O–H groups in total. The summed E-state index contributed by atoms with van der Waals surface area (Å²) in [6.45, 7) is 15.4. The van der Waals surface area contributed by atoms with E-state index in [1.807, 2.05) is 65.8 Å². The van der Waals surface area contributed by atoms with E-state index in [1.54, 1.807) is 7.11 Å². The standard InChI is InChI=1S/C13H13F2NO2.C8H10O.3C2H6/c1-9-11(14)6-5-10(13(9)15)8-16(2)12(18)4-3-7-17;1-7-3-5-8(9-2)6-4-7;3*1-2/h3-7H,8H2,1-2H3;3-6H,1-2H3;3*1-2H3/b4-3-;;;;. The number of aldehydes is 1. The quantitative estimate of drug-likeness (QED) is 0.350. The molecule has 0 aliphatic rings. The highest BCUT2D eigenvalue weighted by Crippen LogP contribution is 2.17. The monoisotopic (exact) mass is 465 g/mol. The van der Waals surface area contributed by atoms with Crippen LogP contribution in [-0.4, -0.2) is 31.3 Å². The van der Waals surface area contributed by atoms with Crippen LogP contribution in [0.3, 0.4) is 0 Å². The molecular formula is C27H41F2NO3. The number of aryl methyl sites for hydroxylation is 1. The van der Waals surface area contributed by atoms with E-state index in [-0.39, 0.29) is 17.7 Å². The highest BCUT2D eigenvalue weighted by Gasteiger charge is 2.13. The highest BCUT2D eigenvalue weighted by atomic mass is 19.1. The minimum atomic E-state index is -0.658. The van der Waals surface area contributed by atoms with Crippen molar-refractivity contribution >= 4 is 12.2 Å². The van der Waals surface area contributed by atoms with Gasteiger partial charge in [0.05, 0.1) is 7.11 Å². The number of carbonyl (C=O) groups excluding carboxylic acids is 2. The Morgan fingerprint density at radius 3 is 1.91 bits per heavy atom. The maximum Gasteiger partial charge on any atom is 0.246 e. The number of methoxy groups -OCH3 is 1. The number of benzene rings is 2. The molecule has 0 saturated carbocycles. The second-order valence-corrected chi connectivity index (χ2v) is 5.85. The minimum absolute atomic E-state index is 0.00891. The molecule has 0 atom stereocenters. The number of amides is 1. The van der Waals surface area contributed by atoms with Crippen molar-refractivity contribution in [3.8, 4) is 5.75 Å². The lowest BCUT2D eigenvalue weighted by Gasteiger charge is -2.16. The zero-order valence-corrected chi connectivity index (χ0v) is 21.8. The van der Waals surface area contributed by atoms with Gasteiger partial charge in [-0.1, -0.05) is 65.3 Å². The molecule has 0 bridgehead atoms. The summed E-state index contributed by atoms with van der Waals surface area (Å²) < 4.78 is 31.7. The Kier molecular flexibility index (Phi) is 23.3. The number of likely N-dealkylation sites (N-methyl/N-ethyl adjacent to an activating group) is 1. The van der Waals surface area contributed by atoms with E-state index in [2.05, 4.69) is 6.92 Å². The predicted molar refractivity (Wildman–Crippen MR) is 135 cm³/mol. The summed E-state index contributed by atoms with van der Waals surface area (Å²) in [4.78, 5) is 22.8. The summed E-state index contributed by atoms with van der Waals surface area (Å²) in [7, 11) is 3.14. The smallest absolute Gasteiger partial charge is 0.246 e. The number of ether oxygens (including phenoxy) is 1. The van der Waals surface area contributed by atoms with Gasteiger partial charge in [-0.3, -0.25) is 9.59 Å². The van der Waals surface area contributed by atoms with E-state index < -0.39 is 17.5 Å². The van der Waals surface area contributed by atoms with Crippen molar-refractivity contribution in [2.75, 3.05) is 14.2 Å². The summed E-state index contributed by atoms with van der Waals surface area (Å²) in [5, 5.41) is 0. The van der Waals surface area contributed by atoms with Gasteiger partial charge in [-0.25, -0.2) is 8.78 Å². The third-order valence-electron chi connectivity index (χ3n) is 3.76. The first-order chi connectivity index (χ1) is 15.8. The van der Waals surface area contributed by atoms with Gasteiger partial charge < -0.3 is 9.64 Å². The number of hydrogen-bond donors (Lipinski definition) is 0. The molecule has 0 spiro atoms. The van der Waals surface area contributed by atoms with Gasteiger partial charge in [0.1, 0.15) is 23.7 Å². The molecule has 0 aliphatic carbocycles. The van der Waals surface area contributed by atoms with Crippen molar-refractivity contribution in [3.63, 3.8) is 0 Å². The fourth-order valence-corrected chi connectivity index (χ4v) is 2.10. The van der Waals surface area contributed by atoms with E-state index in [9.17, 15) is 18.4 Å². The second-order valence-electron chi connectivity index (χ2n) is 5.85. The van der Waals surface area contributed by atoms with Crippen molar-refractivity contribution in [1.29, 1.82) is 0 Å². The van der Waals surface area contributed by atoms with Gasteiger partial charge in [0.2, 0.25) is 5.91 Å². The van der Waals surface area contributed by atoms with Gasteiger partial charge in [-0.05, 0) is 38.1 Å². The van der Waals surface area contributed by atoms with Gasteiger partial charge in [-0.2, -0.15) is 0 Å². The molecule has 0 fully saturated rings. The highest BCUT2D eigenvalue weighted by molar-refractivity contribution is 5.90. The maximum absolute atomic E-state index is 13.7. The molecule has 0 aliphatic heterocycles. The number of rotatable bonds is 5. The third-order valence-corrected chi connectivity index (χ3v) is 3.76. The molecule has 2 aromatic rings. The Morgan fingerprint density at radius 1 is 0.939 bits per heavy atom. The molecule has 0 saturated heterocycles. The average molecular weight is 466 g/mol. The van der Waals surface area contributed by atoms with E-state index in [0.29, 0.717) is 6.29 Å². The number of halogens is 2. The summed E-state index contributed by atoms with van der Waals surface area (Å²) in [6.07, 6.45) is 2.63. The molecule has 0 unspecified atom stereocenters. The van der Waals surface area contributed by atoms with E-state index in [4.69, 9.17) is 4.74 Å². The molecule has 2 aromatic carbocycles. The van der Waals surface area contributed by atoms with Crippen LogP contribution >= 0.6 is 0 Å². The largest absolute Gasteiger partial charge is 0.497 e. The Hall–Kier alpha value is -3.02. The maximum atomic E-state index is 13.7. The fraction of sp³-hybridized carbons (Fsp3) is 0.407. The molecule has 1 amide bonds. The first-order valence-corrected chi connectivity index (χ1v) is 11.2. The van der Waals surface area contributed by atoms with Crippen LogP contribution in [-0.2, 0) is 16.1 Å². The lowest BCUT2D eigenvalue weighted by atomic mass is 10.1. The molecule has 2 rings (SSSR count). The summed E-state index contributed by atoms with van der Waals surface area (Å²) >= 11 is 0. The average Bonchev–Trinajstić information content (AvgIpc) is 2.87. The Balaban J connectivity index is -0.000000502. The molecule has 33 heavy (non-hydrogen) atoms. The Bertz CT molecular complexity index is 804. The molecule has 6 heteroatoms. The number of carbonyl (C=O) groups is 2. The van der Waals surface area contributed by atoms with Gasteiger partial charge in [0, 0.05) is 30.8 Å². The molecule has 0 heterocycles. The van der Waals surface area contributed by atoms with Crippen LogP contribution < -0.4 is 4.74 Å². The van der Waals surface area contributed by atoms with E-state index in [0.717, 1.165) is 24.0 Å². The van der Waals surface area contributed by atoms with Crippen molar-refractivity contribution in [2.45, 2.75) is 61.9 Å². The van der Waals surface area contributed by atoms with E-state index >= 15 is 0 Å². The lowest BCUT2D eigenvalue weighted by Crippen LogP contribution is -2.25. The molecule has 186 valence electrons. The third kappa shape index (κ3) is 14.6. The Labute approximate surface area is 199 Å². The predicted octanol–water partition coefficient (Wildman–Crippen LogP) is 7.07. The Morgan fingerprint density at radius 2 is 1.45 bits per heavy atom. The van der Waals surface area contributed by atoms with Crippen molar-refractivity contribution < 1.29 is 23.1 Å². The topological polar surface area (TPSA) is 46.6 Å². The first-order valence-electron chi connectivity index (χ1n) is 11.2. The van der Waals surface area contributed by atoms with Crippen molar-refractivity contribution in [3.05, 3.63) is 76.9 Å². The fourth-order valence-electron chi connectivity index (χ4n) is 2.10. The summed E-state index contributed by atoms with van der Waals surface area (Å²) in [5.41, 5.74) is 1.41. The minimum Gasteiger partial charge on any atom is -0.497 e. The van der Waals surface area contributed by atoms with Gasteiger partial charge in [0.15, 0.2) is 0 Å². The van der Waals surface area contributed by atoms with Crippen LogP contribution in [0.15, 0.2) is 48.6 Å². The second kappa shape index (κ2) is 22.2. The van der Waals surface area contributed by atoms with Crippen molar-refractivity contribution in [1.82, 2.24) is 4.90 Å². The SMILES string of the molecule is CC.CC.CC.COc1ccc(C)cc1.Cc1c(F)ccc(CN(C)C(=O)/C=C\C=O)c1F. The zero-order valence-electron chi connectivity index (χ0n) is 21.8. The van der Waals surface area contributed by atoms with Crippen LogP contribution in [0.25, 0.3) is 0 Å². The van der Waals surface area contributed by atoms with Crippen LogP contribution in [0.5, 0.6) is 5.75 Å². The molecule has 0 radical (unpaired) electrons. The van der Waals surface area contributed by atoms with Gasteiger partial charge in [-0.15, -0.1) is 0 Å². The van der Waals surface area contributed by atoms with Crippen LogP contribution in [0.2, 0.25) is 0 Å². The van der Waals surface area contributed by atoms with Crippen LogP contribution in [0, 0.1) is 25.5 Å². The van der Waals surface area contributed by atoms with E-state index in [1.165, 1.54) is 30.5 Å². The first kappa shape index (κ1) is 34.6. The van der Waals surface area contributed by atoms with Crippen LogP contribution in [0.1, 0.15) is 58.2 Å².